The quantitative estimate of drug-likeness (QED) is 0.483. The lowest BCUT2D eigenvalue weighted by molar-refractivity contribution is -0.121. The van der Waals surface area contributed by atoms with E-state index in [4.69, 9.17) is 4.74 Å². The fraction of sp³-hybridized carbons (Fsp3) is 0.556. The van der Waals surface area contributed by atoms with E-state index in [1.807, 2.05) is 42.3 Å². The molecule has 0 saturated carbocycles. The summed E-state index contributed by atoms with van der Waals surface area (Å²) < 4.78 is 28.5. The second kappa shape index (κ2) is 10.1. The molecule has 1 aromatic carbocycles. The molecule has 1 aromatic rings. The lowest BCUT2D eigenvalue weighted by Gasteiger charge is -2.22. The maximum absolute atomic E-state index is 12.0. The Bertz CT molecular complexity index is 737. The molecule has 1 heterocycles. The zero-order valence-electron chi connectivity index (χ0n) is 15.8. The first-order chi connectivity index (χ1) is 12.9. The van der Waals surface area contributed by atoms with E-state index in [-0.39, 0.29) is 29.9 Å². The van der Waals surface area contributed by atoms with E-state index in [9.17, 15) is 13.2 Å². The molecule has 0 bridgehead atoms. The van der Waals surface area contributed by atoms with Crippen molar-refractivity contribution in [3.8, 4) is 5.75 Å². The van der Waals surface area contributed by atoms with Gasteiger partial charge in [-0.25, -0.2) is 8.42 Å². The summed E-state index contributed by atoms with van der Waals surface area (Å²) in [7, 11) is 0.590. The SMILES string of the molecule is CN=C(NCCC(=O)NC1CCS(=O)(=O)C1)N(C)CCOc1ccccc1. The largest absolute Gasteiger partial charge is 0.492 e. The first-order valence-corrected chi connectivity index (χ1v) is 10.8. The number of ether oxygens (including phenoxy) is 1. The highest BCUT2D eigenvalue weighted by Gasteiger charge is 2.28. The normalized spacial score (nSPS) is 18.7. The summed E-state index contributed by atoms with van der Waals surface area (Å²) in [6.07, 6.45) is 0.747. The minimum absolute atomic E-state index is 0.0397. The van der Waals surface area contributed by atoms with Crippen LogP contribution in [0.15, 0.2) is 35.3 Å². The van der Waals surface area contributed by atoms with Crippen LogP contribution in [0.4, 0.5) is 0 Å². The number of hydrogen-bond acceptors (Lipinski definition) is 5. The monoisotopic (exact) mass is 396 g/mol. The van der Waals surface area contributed by atoms with Crippen LogP contribution in [0.2, 0.25) is 0 Å². The van der Waals surface area contributed by atoms with Crippen LogP contribution >= 0.6 is 0 Å². The molecule has 0 aliphatic carbocycles. The highest BCUT2D eigenvalue weighted by Crippen LogP contribution is 2.11. The summed E-state index contributed by atoms with van der Waals surface area (Å²) in [5.74, 6) is 1.52. The molecule has 1 amide bonds. The van der Waals surface area contributed by atoms with Gasteiger partial charge in [0.15, 0.2) is 15.8 Å². The van der Waals surface area contributed by atoms with Gasteiger partial charge in [-0.15, -0.1) is 0 Å². The smallest absolute Gasteiger partial charge is 0.222 e. The van der Waals surface area contributed by atoms with E-state index in [0.717, 1.165) is 5.75 Å². The van der Waals surface area contributed by atoms with Gasteiger partial charge in [-0.3, -0.25) is 9.79 Å². The first kappa shape index (κ1) is 21.0. The minimum atomic E-state index is -2.99. The number of amides is 1. The third-order valence-corrected chi connectivity index (χ3v) is 6.01. The number of para-hydroxylation sites is 1. The number of rotatable bonds is 8. The van der Waals surface area contributed by atoms with Crippen LogP contribution in [-0.2, 0) is 14.6 Å². The van der Waals surface area contributed by atoms with Gasteiger partial charge in [0.05, 0.1) is 18.1 Å². The highest BCUT2D eigenvalue weighted by molar-refractivity contribution is 7.91. The van der Waals surface area contributed by atoms with Gasteiger partial charge in [0.1, 0.15) is 12.4 Å². The van der Waals surface area contributed by atoms with Gasteiger partial charge >= 0.3 is 0 Å². The Morgan fingerprint density at radius 2 is 2.07 bits per heavy atom. The molecule has 2 rings (SSSR count). The van der Waals surface area contributed by atoms with Crippen molar-refractivity contribution in [2.75, 3.05) is 45.3 Å². The third kappa shape index (κ3) is 7.46. The third-order valence-electron chi connectivity index (χ3n) is 4.24. The molecule has 0 spiro atoms. The van der Waals surface area contributed by atoms with Crippen molar-refractivity contribution in [1.29, 1.82) is 0 Å². The van der Waals surface area contributed by atoms with Crippen molar-refractivity contribution in [3.63, 3.8) is 0 Å². The van der Waals surface area contributed by atoms with Crippen LogP contribution in [0.3, 0.4) is 0 Å². The Kier molecular flexibility index (Phi) is 7.90. The summed E-state index contributed by atoms with van der Waals surface area (Å²) in [5, 5.41) is 5.91. The van der Waals surface area contributed by atoms with Gasteiger partial charge in [-0.2, -0.15) is 0 Å². The van der Waals surface area contributed by atoms with Crippen molar-refractivity contribution in [1.82, 2.24) is 15.5 Å². The molecule has 0 radical (unpaired) electrons. The second-order valence-electron chi connectivity index (χ2n) is 6.47. The van der Waals surface area contributed by atoms with Crippen LogP contribution in [0.5, 0.6) is 5.75 Å². The lowest BCUT2D eigenvalue weighted by Crippen LogP contribution is -2.43. The van der Waals surface area contributed by atoms with Gasteiger partial charge in [-0.05, 0) is 18.6 Å². The molecular formula is C18H28N4O4S. The van der Waals surface area contributed by atoms with E-state index in [1.165, 1.54) is 0 Å². The van der Waals surface area contributed by atoms with Gasteiger partial charge in [0.25, 0.3) is 0 Å². The maximum atomic E-state index is 12.0. The summed E-state index contributed by atoms with van der Waals surface area (Å²) in [5.41, 5.74) is 0. The zero-order valence-corrected chi connectivity index (χ0v) is 16.7. The van der Waals surface area contributed by atoms with E-state index >= 15 is 0 Å². The summed E-state index contributed by atoms with van der Waals surface area (Å²) >= 11 is 0. The standard InChI is InChI=1S/C18H28N4O4S/c1-19-18(22(2)11-12-26-16-6-4-3-5-7-16)20-10-8-17(23)21-15-9-13-27(24,25)14-15/h3-7,15H,8-14H2,1-2H3,(H,19,20)(H,21,23). The molecule has 150 valence electrons. The van der Waals surface area contributed by atoms with Crippen LogP contribution in [0.1, 0.15) is 12.8 Å². The number of aliphatic imine (C=N–C) groups is 1. The van der Waals surface area contributed by atoms with Gasteiger partial charge in [-0.1, -0.05) is 18.2 Å². The molecule has 2 N–H and O–H groups in total. The maximum Gasteiger partial charge on any atom is 0.222 e. The Morgan fingerprint density at radius 3 is 2.70 bits per heavy atom. The Labute approximate surface area is 160 Å². The van der Waals surface area contributed by atoms with Crippen LogP contribution < -0.4 is 15.4 Å². The fourth-order valence-electron chi connectivity index (χ4n) is 2.80. The van der Waals surface area contributed by atoms with E-state index in [1.54, 1.807) is 7.05 Å². The molecule has 1 fully saturated rings. The molecule has 0 aromatic heterocycles. The molecular weight excluding hydrogens is 368 g/mol. The molecule has 1 aliphatic heterocycles. The van der Waals surface area contributed by atoms with E-state index in [2.05, 4.69) is 15.6 Å². The average molecular weight is 397 g/mol. The molecule has 1 saturated heterocycles. The summed E-state index contributed by atoms with van der Waals surface area (Å²) in [4.78, 5) is 18.1. The van der Waals surface area contributed by atoms with E-state index in [0.29, 0.717) is 32.1 Å². The minimum Gasteiger partial charge on any atom is -0.492 e. The van der Waals surface area contributed by atoms with Gasteiger partial charge < -0.3 is 20.3 Å². The average Bonchev–Trinajstić information content (AvgIpc) is 2.98. The number of benzene rings is 1. The van der Waals surface area contributed by atoms with Crippen molar-refractivity contribution in [3.05, 3.63) is 30.3 Å². The van der Waals surface area contributed by atoms with Crippen molar-refractivity contribution in [2.24, 2.45) is 4.99 Å². The number of nitrogens with zero attached hydrogens (tertiary/aromatic N) is 2. The predicted molar refractivity (Wildman–Crippen MR) is 106 cm³/mol. The van der Waals surface area contributed by atoms with Gasteiger partial charge in [0.2, 0.25) is 5.91 Å². The number of guanidine groups is 1. The predicted octanol–water partition coefficient (Wildman–Crippen LogP) is 0.266. The second-order valence-corrected chi connectivity index (χ2v) is 8.70. The molecule has 8 nitrogen and oxygen atoms in total. The van der Waals surface area contributed by atoms with Crippen LogP contribution in [-0.4, -0.2) is 76.5 Å². The Hall–Kier alpha value is -2.29. The van der Waals surface area contributed by atoms with Crippen LogP contribution in [0.25, 0.3) is 0 Å². The number of carbonyl (C=O) groups excluding carboxylic acids is 1. The molecule has 1 aliphatic rings. The molecule has 1 unspecified atom stereocenters. The summed E-state index contributed by atoms with van der Waals surface area (Å²) in [6.45, 7) is 1.57. The van der Waals surface area contributed by atoms with Crippen LogP contribution in [0, 0.1) is 0 Å². The Balaban J connectivity index is 1.64. The fourth-order valence-corrected chi connectivity index (χ4v) is 4.48. The molecule has 1 atom stereocenters. The lowest BCUT2D eigenvalue weighted by atomic mass is 10.2. The van der Waals surface area contributed by atoms with E-state index < -0.39 is 9.84 Å². The van der Waals surface area contributed by atoms with Crippen molar-refractivity contribution >= 4 is 21.7 Å². The van der Waals surface area contributed by atoms with Gasteiger partial charge in [0, 0.05) is 33.1 Å². The molecule has 27 heavy (non-hydrogen) atoms. The first-order valence-electron chi connectivity index (χ1n) is 8.99. The number of hydrogen-bond donors (Lipinski definition) is 2. The zero-order chi connectivity index (χ0) is 19.7. The van der Waals surface area contributed by atoms with Crippen molar-refractivity contribution in [2.45, 2.75) is 18.9 Å². The number of carbonyl (C=O) groups is 1. The highest BCUT2D eigenvalue weighted by atomic mass is 32.2. The summed E-state index contributed by atoms with van der Waals surface area (Å²) in [6, 6.07) is 9.33. The molecule has 9 heteroatoms. The number of likely N-dealkylation sites (N-methyl/N-ethyl adjacent to an activating group) is 1. The Morgan fingerprint density at radius 1 is 1.33 bits per heavy atom. The number of sulfone groups is 1. The number of nitrogens with one attached hydrogen (secondary N) is 2. The topological polar surface area (TPSA) is 100 Å². The van der Waals surface area contributed by atoms with Crippen molar-refractivity contribution < 1.29 is 17.9 Å².